The zero-order valence-electron chi connectivity index (χ0n) is 19.7. The van der Waals surface area contributed by atoms with Crippen LogP contribution >= 0.6 is 11.3 Å². The minimum Gasteiger partial charge on any atom is -0.378 e. The van der Waals surface area contributed by atoms with Crippen LogP contribution in [0.3, 0.4) is 0 Å². The number of thiophene rings is 1. The number of hydrazone groups is 1. The Balaban J connectivity index is 1.34. The summed E-state index contributed by atoms with van der Waals surface area (Å²) >= 11 is 1.83. The van der Waals surface area contributed by atoms with E-state index in [2.05, 4.69) is 89.7 Å². The monoisotopic (exact) mass is 460 g/mol. The minimum absolute atomic E-state index is 0.223. The van der Waals surface area contributed by atoms with Crippen LogP contribution in [-0.4, -0.2) is 56.5 Å². The maximum atomic E-state index is 5.52. The Morgan fingerprint density at radius 1 is 1.09 bits per heavy atom. The van der Waals surface area contributed by atoms with Gasteiger partial charge in [-0.2, -0.15) is 5.10 Å². The number of benzene rings is 2. The van der Waals surface area contributed by atoms with E-state index in [0.717, 1.165) is 39.4 Å². The van der Waals surface area contributed by atoms with E-state index in [4.69, 9.17) is 9.84 Å². The van der Waals surface area contributed by atoms with Crippen molar-refractivity contribution < 1.29 is 4.74 Å². The number of nitrogens with zero attached hydrogens (tertiary/aromatic N) is 4. The first-order valence-corrected chi connectivity index (χ1v) is 12.5. The highest BCUT2D eigenvalue weighted by Crippen LogP contribution is 2.35. The Morgan fingerprint density at radius 3 is 2.73 bits per heavy atom. The second kappa shape index (κ2) is 9.67. The fourth-order valence-electron chi connectivity index (χ4n) is 4.60. The van der Waals surface area contributed by atoms with Crippen molar-refractivity contribution in [3.05, 3.63) is 75.5 Å². The number of morpholine rings is 1. The van der Waals surface area contributed by atoms with Crippen molar-refractivity contribution in [3.63, 3.8) is 0 Å². The summed E-state index contributed by atoms with van der Waals surface area (Å²) in [6.07, 6.45) is 2.01. The summed E-state index contributed by atoms with van der Waals surface area (Å²) in [5.41, 5.74) is 7.84. The number of hydrogen-bond acceptors (Lipinski definition) is 6. The highest BCUT2D eigenvalue weighted by molar-refractivity contribution is 7.10. The Kier molecular flexibility index (Phi) is 6.49. The predicted octanol–water partition coefficient (Wildman–Crippen LogP) is 5.22. The van der Waals surface area contributed by atoms with Gasteiger partial charge < -0.3 is 14.5 Å². The summed E-state index contributed by atoms with van der Waals surface area (Å²) in [5, 5.41) is 9.31. The molecule has 0 aliphatic carbocycles. The van der Waals surface area contributed by atoms with Gasteiger partial charge in [0.2, 0.25) is 0 Å². The predicted molar refractivity (Wildman–Crippen MR) is 138 cm³/mol. The molecule has 2 aliphatic rings. The third-order valence-electron chi connectivity index (χ3n) is 6.47. The maximum Gasteiger partial charge on any atom is 0.0788 e. The van der Waals surface area contributed by atoms with E-state index < -0.39 is 0 Å². The van der Waals surface area contributed by atoms with Crippen molar-refractivity contribution in [2.75, 3.05) is 45.3 Å². The second-order valence-electron chi connectivity index (χ2n) is 9.13. The summed E-state index contributed by atoms with van der Waals surface area (Å²) in [4.78, 5) is 5.98. The number of hydrogen-bond donors (Lipinski definition) is 0. The molecule has 0 radical (unpaired) electrons. The second-order valence-corrected chi connectivity index (χ2v) is 10.1. The molecule has 172 valence electrons. The molecule has 2 aliphatic heterocycles. The molecule has 0 unspecified atom stereocenters. The number of ether oxygens (including phenoxy) is 1. The van der Waals surface area contributed by atoms with Gasteiger partial charge in [-0.1, -0.05) is 30.3 Å². The summed E-state index contributed by atoms with van der Waals surface area (Å²) in [5.74, 6) is 0. The smallest absolute Gasteiger partial charge is 0.0788 e. The van der Waals surface area contributed by atoms with Gasteiger partial charge in [0.25, 0.3) is 0 Å². The van der Waals surface area contributed by atoms with Crippen LogP contribution in [0.4, 0.5) is 5.69 Å². The quantitative estimate of drug-likeness (QED) is 0.504. The molecule has 2 aromatic carbocycles. The average molecular weight is 461 g/mol. The number of anilines is 1. The fraction of sp³-hybridized carbons (Fsp3) is 0.370. The van der Waals surface area contributed by atoms with E-state index >= 15 is 0 Å². The van der Waals surface area contributed by atoms with Gasteiger partial charge in [-0.3, -0.25) is 5.01 Å². The van der Waals surface area contributed by atoms with Crippen molar-refractivity contribution >= 4 is 23.2 Å². The highest BCUT2D eigenvalue weighted by atomic mass is 32.1. The first-order chi connectivity index (χ1) is 16.1. The zero-order chi connectivity index (χ0) is 22.8. The average Bonchev–Trinajstić information content (AvgIpc) is 3.33. The number of fused-ring (bicyclic) bond motifs is 1. The zero-order valence-corrected chi connectivity index (χ0v) is 20.5. The standard InChI is InChI=1S/C27H32N4OS/c1-20(27-15-24(19-33-27)26-7-5-4-6-22(26)17-29(2)3)31-18-23-14-25(9-8-21(23)16-28-31)30-10-12-32-13-11-30/h4-9,14-16,19-20H,10-13,17-18H2,1-3H3/t20-/m0/s1. The molecule has 1 atom stereocenters. The molecule has 0 spiro atoms. The molecule has 33 heavy (non-hydrogen) atoms. The SMILES string of the molecule is C[C@@H](c1cc(-c2ccccc2CN(C)C)cs1)N1Cc2cc(N3CCOCC3)ccc2C=N1. The van der Waals surface area contributed by atoms with E-state index in [1.807, 2.05) is 17.6 Å². The lowest BCUT2D eigenvalue weighted by molar-refractivity contribution is 0.122. The minimum atomic E-state index is 0.223. The maximum absolute atomic E-state index is 5.52. The molecular weight excluding hydrogens is 428 g/mol. The lowest BCUT2D eigenvalue weighted by Gasteiger charge is -2.32. The third kappa shape index (κ3) is 4.83. The first-order valence-electron chi connectivity index (χ1n) is 11.7. The van der Waals surface area contributed by atoms with Gasteiger partial charge in [0.05, 0.1) is 32.0 Å². The van der Waals surface area contributed by atoms with Gasteiger partial charge >= 0.3 is 0 Å². The summed E-state index contributed by atoms with van der Waals surface area (Å²) in [6.45, 7) is 7.56. The molecule has 0 amide bonds. The van der Waals surface area contributed by atoms with Crippen molar-refractivity contribution in [1.29, 1.82) is 0 Å². The molecule has 0 N–H and O–H groups in total. The molecule has 5 rings (SSSR count). The van der Waals surface area contributed by atoms with E-state index in [1.165, 1.54) is 38.4 Å². The van der Waals surface area contributed by atoms with Crippen LogP contribution in [0.5, 0.6) is 0 Å². The first kappa shape index (κ1) is 22.1. The van der Waals surface area contributed by atoms with Crippen molar-refractivity contribution in [3.8, 4) is 11.1 Å². The fourth-order valence-corrected chi connectivity index (χ4v) is 5.57. The van der Waals surface area contributed by atoms with Gasteiger partial charge in [-0.15, -0.1) is 11.3 Å². The largest absolute Gasteiger partial charge is 0.378 e. The lowest BCUT2D eigenvalue weighted by Crippen LogP contribution is -2.36. The summed E-state index contributed by atoms with van der Waals surface area (Å²) < 4.78 is 5.52. The Labute approximate surface area is 200 Å². The van der Waals surface area contributed by atoms with Gasteiger partial charge in [0.15, 0.2) is 0 Å². The molecule has 0 saturated carbocycles. The van der Waals surface area contributed by atoms with Crippen LogP contribution in [0.2, 0.25) is 0 Å². The van der Waals surface area contributed by atoms with Crippen LogP contribution in [0.25, 0.3) is 11.1 Å². The van der Waals surface area contributed by atoms with Crippen LogP contribution in [0, 0.1) is 0 Å². The van der Waals surface area contributed by atoms with E-state index in [-0.39, 0.29) is 6.04 Å². The van der Waals surface area contributed by atoms with Gasteiger partial charge in [-0.05, 0) is 72.4 Å². The molecule has 1 aromatic heterocycles. The molecule has 3 heterocycles. The van der Waals surface area contributed by atoms with E-state index in [9.17, 15) is 0 Å². The molecule has 5 nitrogen and oxygen atoms in total. The molecule has 6 heteroatoms. The topological polar surface area (TPSA) is 31.3 Å². The summed E-state index contributed by atoms with van der Waals surface area (Å²) in [6, 6.07) is 18.0. The molecule has 0 bridgehead atoms. The summed E-state index contributed by atoms with van der Waals surface area (Å²) in [7, 11) is 4.24. The molecule has 1 fully saturated rings. The Bertz CT molecular complexity index is 1130. The van der Waals surface area contributed by atoms with Crippen LogP contribution in [0.15, 0.2) is 59.0 Å². The molecule has 3 aromatic rings. The van der Waals surface area contributed by atoms with Crippen LogP contribution < -0.4 is 4.90 Å². The van der Waals surface area contributed by atoms with Crippen LogP contribution in [-0.2, 0) is 17.8 Å². The van der Waals surface area contributed by atoms with Gasteiger partial charge in [0, 0.05) is 30.2 Å². The molecule has 1 saturated heterocycles. The van der Waals surface area contributed by atoms with Gasteiger partial charge in [-0.25, -0.2) is 0 Å². The van der Waals surface area contributed by atoms with Crippen molar-refractivity contribution in [2.45, 2.75) is 26.1 Å². The van der Waals surface area contributed by atoms with Crippen molar-refractivity contribution in [1.82, 2.24) is 9.91 Å². The normalized spacial score (nSPS) is 16.8. The van der Waals surface area contributed by atoms with E-state index in [0.29, 0.717) is 0 Å². The Hall–Kier alpha value is -2.67. The molecular formula is C27H32N4OS. The third-order valence-corrected chi connectivity index (χ3v) is 7.58. The van der Waals surface area contributed by atoms with Crippen molar-refractivity contribution in [2.24, 2.45) is 5.10 Å². The number of rotatable bonds is 6. The lowest BCUT2D eigenvalue weighted by atomic mass is 10.0. The highest BCUT2D eigenvalue weighted by Gasteiger charge is 2.22. The Morgan fingerprint density at radius 2 is 1.91 bits per heavy atom. The van der Waals surface area contributed by atoms with Gasteiger partial charge in [0.1, 0.15) is 0 Å². The van der Waals surface area contributed by atoms with E-state index in [1.54, 1.807) is 0 Å². The van der Waals surface area contributed by atoms with Crippen LogP contribution in [0.1, 0.15) is 34.5 Å².